The van der Waals surface area contributed by atoms with Crippen LogP contribution in [0.5, 0.6) is 0 Å². The number of hydrogen-bond donors (Lipinski definition) is 0. The van der Waals surface area contributed by atoms with Gasteiger partial charge >= 0.3 is 0 Å². The largest absolute Gasteiger partial charge is 0.339 e. The molecule has 0 radical (unpaired) electrons. The number of nitrogens with zero attached hydrogens (tertiary/aromatic N) is 2. The molecule has 3 rings (SSSR count). The monoisotopic (exact) mass is 410 g/mol. The molecule has 2 amide bonds. The number of carbonyl (C=O) groups excluding carboxylic acids is 2. The van der Waals surface area contributed by atoms with Crippen molar-refractivity contribution < 1.29 is 9.59 Å². The van der Waals surface area contributed by atoms with Gasteiger partial charge in [0.05, 0.1) is 6.42 Å². The third-order valence-corrected chi connectivity index (χ3v) is 5.32. The van der Waals surface area contributed by atoms with E-state index in [2.05, 4.69) is 0 Å². The van der Waals surface area contributed by atoms with Crippen molar-refractivity contribution in [2.45, 2.75) is 6.42 Å². The van der Waals surface area contributed by atoms with Crippen LogP contribution in [0.25, 0.3) is 0 Å². The van der Waals surface area contributed by atoms with Crippen molar-refractivity contribution >= 4 is 46.6 Å². The average Bonchev–Trinajstić information content (AvgIpc) is 2.64. The number of amides is 2. The van der Waals surface area contributed by atoms with Crippen molar-refractivity contribution in [1.82, 2.24) is 9.80 Å². The zero-order chi connectivity index (χ0) is 18.7. The molecule has 1 saturated heterocycles. The van der Waals surface area contributed by atoms with Gasteiger partial charge in [-0.1, -0.05) is 46.9 Å². The summed E-state index contributed by atoms with van der Waals surface area (Å²) in [5.41, 5.74) is 1.19. The highest BCUT2D eigenvalue weighted by atomic mass is 35.5. The lowest BCUT2D eigenvalue weighted by molar-refractivity contribution is -0.131. The van der Waals surface area contributed by atoms with Crippen LogP contribution in [-0.4, -0.2) is 47.8 Å². The molecular formula is C19H17Cl3N2O2. The lowest BCUT2D eigenvalue weighted by Crippen LogP contribution is -2.51. The van der Waals surface area contributed by atoms with Crippen LogP contribution in [0.15, 0.2) is 42.5 Å². The van der Waals surface area contributed by atoms with Gasteiger partial charge in [-0.3, -0.25) is 9.59 Å². The van der Waals surface area contributed by atoms with E-state index in [0.29, 0.717) is 52.4 Å². The van der Waals surface area contributed by atoms with Gasteiger partial charge in [-0.05, 0) is 35.9 Å². The topological polar surface area (TPSA) is 40.6 Å². The molecule has 0 N–H and O–H groups in total. The maximum atomic E-state index is 12.6. The van der Waals surface area contributed by atoms with Gasteiger partial charge < -0.3 is 9.80 Å². The molecule has 4 nitrogen and oxygen atoms in total. The zero-order valence-corrected chi connectivity index (χ0v) is 16.2. The quantitative estimate of drug-likeness (QED) is 0.760. The first-order valence-electron chi connectivity index (χ1n) is 8.21. The summed E-state index contributed by atoms with van der Waals surface area (Å²) in [5.74, 6) is -0.122. The Morgan fingerprint density at radius 2 is 1.42 bits per heavy atom. The van der Waals surface area contributed by atoms with Crippen molar-refractivity contribution in [2.75, 3.05) is 26.2 Å². The standard InChI is InChI=1S/C19H17Cl3N2O2/c20-14-4-1-3-13(11-14)19(26)24-9-7-23(8-10-24)18(25)12-15-16(21)5-2-6-17(15)22/h1-6,11H,7-10,12H2. The van der Waals surface area contributed by atoms with E-state index in [1.807, 2.05) is 0 Å². The number of piperazine rings is 1. The van der Waals surface area contributed by atoms with Gasteiger partial charge in [0.15, 0.2) is 0 Å². The van der Waals surface area contributed by atoms with E-state index in [1.54, 1.807) is 52.3 Å². The summed E-state index contributed by atoms with van der Waals surface area (Å²) in [6.45, 7) is 1.92. The van der Waals surface area contributed by atoms with E-state index in [9.17, 15) is 9.59 Å². The normalized spacial score (nSPS) is 14.4. The fraction of sp³-hybridized carbons (Fsp3) is 0.263. The Labute approximate surface area is 167 Å². The second-order valence-corrected chi connectivity index (χ2v) is 7.31. The minimum absolute atomic E-state index is 0.0464. The summed E-state index contributed by atoms with van der Waals surface area (Å²) in [6.07, 6.45) is 0.154. The Balaban J connectivity index is 1.60. The molecule has 2 aromatic carbocycles. The molecule has 0 spiro atoms. The van der Waals surface area contributed by atoms with E-state index < -0.39 is 0 Å². The van der Waals surface area contributed by atoms with Crippen LogP contribution in [-0.2, 0) is 11.2 Å². The summed E-state index contributed by atoms with van der Waals surface area (Å²) in [6, 6.07) is 12.1. The predicted molar refractivity (Wildman–Crippen MR) is 104 cm³/mol. The van der Waals surface area contributed by atoms with Crippen LogP contribution < -0.4 is 0 Å². The van der Waals surface area contributed by atoms with Crippen LogP contribution in [0.1, 0.15) is 15.9 Å². The maximum Gasteiger partial charge on any atom is 0.254 e. The number of rotatable bonds is 3. The predicted octanol–water partition coefficient (Wildman–Crippen LogP) is 4.17. The molecule has 1 fully saturated rings. The Morgan fingerprint density at radius 3 is 2.04 bits per heavy atom. The number of carbonyl (C=O) groups is 2. The van der Waals surface area contributed by atoms with Gasteiger partial charge in [-0.2, -0.15) is 0 Å². The van der Waals surface area contributed by atoms with Gasteiger partial charge in [-0.15, -0.1) is 0 Å². The first-order chi connectivity index (χ1) is 12.5. The van der Waals surface area contributed by atoms with E-state index in [0.717, 1.165) is 0 Å². The highest BCUT2D eigenvalue weighted by Crippen LogP contribution is 2.25. The summed E-state index contributed by atoms with van der Waals surface area (Å²) in [7, 11) is 0. The van der Waals surface area contributed by atoms with Crippen LogP contribution in [0, 0.1) is 0 Å². The van der Waals surface area contributed by atoms with Gasteiger partial charge in [0, 0.05) is 46.8 Å². The Morgan fingerprint density at radius 1 is 0.846 bits per heavy atom. The molecule has 2 aromatic rings. The van der Waals surface area contributed by atoms with E-state index in [-0.39, 0.29) is 18.2 Å². The second-order valence-electron chi connectivity index (χ2n) is 6.06. The van der Waals surface area contributed by atoms with Crippen LogP contribution in [0.3, 0.4) is 0 Å². The fourth-order valence-electron chi connectivity index (χ4n) is 2.93. The molecule has 1 heterocycles. The molecule has 1 aliphatic heterocycles. The fourth-order valence-corrected chi connectivity index (χ4v) is 3.65. The van der Waals surface area contributed by atoms with Crippen molar-refractivity contribution in [3.05, 3.63) is 68.7 Å². The Kier molecular flexibility index (Phi) is 6.07. The first kappa shape index (κ1) is 19.0. The molecule has 0 unspecified atom stereocenters. The van der Waals surface area contributed by atoms with E-state index in [4.69, 9.17) is 34.8 Å². The lowest BCUT2D eigenvalue weighted by atomic mass is 10.1. The summed E-state index contributed by atoms with van der Waals surface area (Å²) < 4.78 is 0. The lowest BCUT2D eigenvalue weighted by Gasteiger charge is -2.35. The second kappa shape index (κ2) is 8.30. The molecule has 0 aliphatic carbocycles. The SMILES string of the molecule is O=C(Cc1c(Cl)cccc1Cl)N1CCN(C(=O)c2cccc(Cl)c2)CC1. The summed E-state index contributed by atoms with van der Waals surface area (Å²) in [5, 5.41) is 1.50. The number of halogens is 3. The Bertz CT molecular complexity index is 813. The Hall–Kier alpha value is -1.75. The van der Waals surface area contributed by atoms with Crippen molar-refractivity contribution in [3.63, 3.8) is 0 Å². The smallest absolute Gasteiger partial charge is 0.254 e. The molecule has 26 heavy (non-hydrogen) atoms. The molecule has 7 heteroatoms. The minimum Gasteiger partial charge on any atom is -0.339 e. The molecule has 0 saturated carbocycles. The van der Waals surface area contributed by atoms with Gasteiger partial charge in [0.1, 0.15) is 0 Å². The minimum atomic E-state index is -0.0752. The van der Waals surface area contributed by atoms with Crippen LogP contribution >= 0.6 is 34.8 Å². The molecular weight excluding hydrogens is 395 g/mol. The van der Waals surface area contributed by atoms with E-state index in [1.165, 1.54) is 0 Å². The number of hydrogen-bond acceptors (Lipinski definition) is 2. The van der Waals surface area contributed by atoms with Crippen molar-refractivity contribution in [3.8, 4) is 0 Å². The van der Waals surface area contributed by atoms with Gasteiger partial charge in [-0.25, -0.2) is 0 Å². The van der Waals surface area contributed by atoms with Crippen molar-refractivity contribution in [1.29, 1.82) is 0 Å². The highest BCUT2D eigenvalue weighted by molar-refractivity contribution is 6.36. The molecule has 0 bridgehead atoms. The maximum absolute atomic E-state index is 12.6. The van der Waals surface area contributed by atoms with Gasteiger partial charge in [0.2, 0.25) is 5.91 Å². The van der Waals surface area contributed by atoms with Crippen LogP contribution in [0.4, 0.5) is 0 Å². The third-order valence-electron chi connectivity index (χ3n) is 4.38. The summed E-state index contributed by atoms with van der Waals surface area (Å²) >= 11 is 18.2. The van der Waals surface area contributed by atoms with Gasteiger partial charge in [0.25, 0.3) is 5.91 Å². The first-order valence-corrected chi connectivity index (χ1v) is 9.34. The third kappa shape index (κ3) is 4.32. The molecule has 136 valence electrons. The molecule has 0 atom stereocenters. The number of benzene rings is 2. The molecule has 0 aromatic heterocycles. The highest BCUT2D eigenvalue weighted by Gasteiger charge is 2.25. The van der Waals surface area contributed by atoms with E-state index >= 15 is 0 Å². The zero-order valence-electron chi connectivity index (χ0n) is 13.9. The average molecular weight is 412 g/mol. The van der Waals surface area contributed by atoms with Crippen LogP contribution in [0.2, 0.25) is 15.1 Å². The summed E-state index contributed by atoms with van der Waals surface area (Å²) in [4.78, 5) is 28.6. The van der Waals surface area contributed by atoms with Crippen molar-refractivity contribution in [2.24, 2.45) is 0 Å². The molecule has 1 aliphatic rings.